The van der Waals surface area contributed by atoms with E-state index < -0.39 is 12.1 Å². The van der Waals surface area contributed by atoms with Gasteiger partial charge in [0.25, 0.3) is 0 Å². The molecule has 66 valence electrons. The highest BCUT2D eigenvalue weighted by molar-refractivity contribution is 5.75. The number of carbonyl (C=O) groups is 1. The lowest BCUT2D eigenvalue weighted by Gasteiger charge is -2.05. The van der Waals surface area contributed by atoms with Crippen molar-refractivity contribution in [3.8, 4) is 0 Å². The Bertz CT molecular complexity index is 136. The van der Waals surface area contributed by atoms with Crippen LogP contribution in [0.3, 0.4) is 0 Å². The van der Waals surface area contributed by atoms with Crippen LogP contribution in [-0.2, 0) is 9.63 Å². The maximum atomic E-state index is 11.3. The fourth-order valence-electron chi connectivity index (χ4n) is 0.233. The smallest absolute Gasteiger partial charge is 0.364 e. The average Bonchev–Trinajstić information content (AvgIpc) is 1.86. The molecular weight excluding hydrogens is 165 g/mol. The Morgan fingerprint density at radius 3 is 2.45 bits per heavy atom. The minimum Gasteiger partial charge on any atom is -0.364 e. The first kappa shape index (κ1) is 10.2. The molecule has 0 heterocycles. The number of nitrogens with two attached hydrogens (primary N) is 1. The number of hydroxylamine groups is 1. The first-order valence-electron chi connectivity index (χ1n) is 2.69. The summed E-state index contributed by atoms with van der Waals surface area (Å²) in [6, 6.07) is 0. The highest BCUT2D eigenvalue weighted by atomic mass is 19.4. The standard InChI is InChI=1S/C4H7F3N2O2/c5-4(6,7)3(10)11-9-2-1-8/h9H,1-2,8H2. The Balaban J connectivity index is 3.54. The minimum atomic E-state index is -4.96. The predicted octanol–water partition coefficient (Wildman–Crippen LogP) is -0.445. The summed E-state index contributed by atoms with van der Waals surface area (Å²) in [6.07, 6.45) is -4.96. The van der Waals surface area contributed by atoms with Crippen LogP contribution in [0.15, 0.2) is 0 Å². The maximum Gasteiger partial charge on any atom is 0.492 e. The van der Waals surface area contributed by atoms with Gasteiger partial charge in [-0.1, -0.05) is 0 Å². The fourth-order valence-corrected chi connectivity index (χ4v) is 0.233. The zero-order valence-corrected chi connectivity index (χ0v) is 5.44. The molecule has 0 bridgehead atoms. The molecule has 0 aromatic carbocycles. The van der Waals surface area contributed by atoms with Crippen molar-refractivity contribution in [1.29, 1.82) is 0 Å². The summed E-state index contributed by atoms with van der Waals surface area (Å²) in [4.78, 5) is 13.4. The largest absolute Gasteiger partial charge is 0.492 e. The second-order valence-electron chi connectivity index (χ2n) is 1.57. The van der Waals surface area contributed by atoms with Crippen molar-refractivity contribution in [2.75, 3.05) is 13.1 Å². The number of hydrogen-bond donors (Lipinski definition) is 2. The molecule has 0 aliphatic carbocycles. The van der Waals surface area contributed by atoms with Crippen LogP contribution >= 0.6 is 0 Å². The van der Waals surface area contributed by atoms with Crippen molar-refractivity contribution in [1.82, 2.24) is 5.48 Å². The molecule has 0 radical (unpaired) electrons. The molecule has 0 aliphatic heterocycles. The second kappa shape index (κ2) is 4.14. The van der Waals surface area contributed by atoms with Gasteiger partial charge in [-0.2, -0.15) is 18.7 Å². The molecule has 0 atom stereocenters. The maximum absolute atomic E-state index is 11.3. The van der Waals surface area contributed by atoms with E-state index in [9.17, 15) is 18.0 Å². The van der Waals surface area contributed by atoms with Crippen LogP contribution in [0.25, 0.3) is 0 Å². The third kappa shape index (κ3) is 4.57. The molecule has 0 aliphatic rings. The van der Waals surface area contributed by atoms with Crippen LogP contribution in [-0.4, -0.2) is 25.2 Å². The molecular formula is C4H7F3N2O2. The highest BCUT2D eigenvalue weighted by Crippen LogP contribution is 2.15. The van der Waals surface area contributed by atoms with Gasteiger partial charge in [-0.25, -0.2) is 4.79 Å². The van der Waals surface area contributed by atoms with Gasteiger partial charge in [-0.05, 0) is 0 Å². The van der Waals surface area contributed by atoms with E-state index in [4.69, 9.17) is 5.73 Å². The number of alkyl halides is 3. The molecule has 7 heteroatoms. The van der Waals surface area contributed by atoms with Gasteiger partial charge in [0.15, 0.2) is 0 Å². The van der Waals surface area contributed by atoms with E-state index in [1.54, 1.807) is 5.48 Å². The quantitative estimate of drug-likeness (QED) is 0.447. The molecule has 0 unspecified atom stereocenters. The van der Waals surface area contributed by atoms with E-state index in [2.05, 4.69) is 4.84 Å². The first-order chi connectivity index (χ1) is 4.98. The third-order valence-electron chi connectivity index (χ3n) is 0.643. The molecule has 11 heavy (non-hydrogen) atoms. The number of hydrogen-bond acceptors (Lipinski definition) is 4. The molecule has 0 aromatic heterocycles. The zero-order chi connectivity index (χ0) is 8.91. The summed E-state index contributed by atoms with van der Waals surface area (Å²) in [5.41, 5.74) is 6.64. The van der Waals surface area contributed by atoms with Crippen LogP contribution in [0.2, 0.25) is 0 Å². The van der Waals surface area contributed by atoms with E-state index in [1.165, 1.54) is 0 Å². The van der Waals surface area contributed by atoms with Crippen molar-refractivity contribution >= 4 is 5.97 Å². The van der Waals surface area contributed by atoms with Crippen molar-refractivity contribution in [2.45, 2.75) is 6.18 Å². The predicted molar refractivity (Wildman–Crippen MR) is 29.2 cm³/mol. The van der Waals surface area contributed by atoms with Gasteiger partial charge in [-0.3, -0.25) is 0 Å². The van der Waals surface area contributed by atoms with Crippen LogP contribution < -0.4 is 11.2 Å². The first-order valence-corrected chi connectivity index (χ1v) is 2.69. The van der Waals surface area contributed by atoms with Crippen LogP contribution in [0.4, 0.5) is 13.2 Å². The third-order valence-corrected chi connectivity index (χ3v) is 0.643. The van der Waals surface area contributed by atoms with Gasteiger partial charge in [0, 0.05) is 13.1 Å². The van der Waals surface area contributed by atoms with Gasteiger partial charge in [0.1, 0.15) is 0 Å². The Morgan fingerprint density at radius 1 is 1.55 bits per heavy atom. The van der Waals surface area contributed by atoms with Gasteiger partial charge >= 0.3 is 12.1 Å². The number of rotatable bonds is 3. The summed E-state index contributed by atoms with van der Waals surface area (Å²) in [6.45, 7) is 0.0763. The molecule has 0 aromatic rings. The lowest BCUT2D eigenvalue weighted by molar-refractivity contribution is -0.206. The Labute approximate surface area is 60.4 Å². The molecule has 0 rings (SSSR count). The van der Waals surface area contributed by atoms with E-state index in [1.807, 2.05) is 0 Å². The topological polar surface area (TPSA) is 64.3 Å². The SMILES string of the molecule is NCCNOC(=O)C(F)(F)F. The monoisotopic (exact) mass is 172 g/mol. The van der Waals surface area contributed by atoms with Crippen LogP contribution in [0.1, 0.15) is 0 Å². The highest BCUT2D eigenvalue weighted by Gasteiger charge is 2.41. The zero-order valence-electron chi connectivity index (χ0n) is 5.44. The molecule has 0 spiro atoms. The summed E-state index contributed by atoms with van der Waals surface area (Å²) in [7, 11) is 0. The Morgan fingerprint density at radius 2 is 2.09 bits per heavy atom. The van der Waals surface area contributed by atoms with Gasteiger partial charge < -0.3 is 10.6 Å². The average molecular weight is 172 g/mol. The summed E-state index contributed by atoms with van der Waals surface area (Å²) >= 11 is 0. The molecule has 3 N–H and O–H groups in total. The van der Waals surface area contributed by atoms with Gasteiger partial charge in [0.05, 0.1) is 0 Å². The number of halogens is 3. The van der Waals surface area contributed by atoms with Gasteiger partial charge in [-0.15, -0.1) is 0 Å². The molecule has 4 nitrogen and oxygen atoms in total. The van der Waals surface area contributed by atoms with Crippen LogP contribution in [0.5, 0.6) is 0 Å². The van der Waals surface area contributed by atoms with Crippen molar-refractivity contribution in [3.05, 3.63) is 0 Å². The molecule has 0 fully saturated rings. The summed E-state index contributed by atoms with van der Waals surface area (Å²) < 4.78 is 34.0. The van der Waals surface area contributed by atoms with Crippen LogP contribution in [0, 0.1) is 0 Å². The number of carbonyl (C=O) groups excluding carboxylic acids is 1. The Kier molecular flexibility index (Phi) is 3.83. The van der Waals surface area contributed by atoms with E-state index >= 15 is 0 Å². The van der Waals surface area contributed by atoms with E-state index in [0.29, 0.717) is 0 Å². The van der Waals surface area contributed by atoms with Gasteiger partial charge in [0.2, 0.25) is 0 Å². The lowest BCUT2D eigenvalue weighted by atomic mass is 10.7. The van der Waals surface area contributed by atoms with Crippen molar-refractivity contribution < 1.29 is 22.8 Å². The molecule has 0 saturated carbocycles. The summed E-state index contributed by atoms with van der Waals surface area (Å²) in [5, 5.41) is 0. The van der Waals surface area contributed by atoms with E-state index in [0.717, 1.165) is 0 Å². The summed E-state index contributed by atoms with van der Waals surface area (Å²) in [5.74, 6) is -2.27. The molecule has 0 amide bonds. The Hall–Kier alpha value is -0.820. The number of nitrogens with one attached hydrogen (secondary N) is 1. The van der Waals surface area contributed by atoms with E-state index in [-0.39, 0.29) is 13.1 Å². The molecule has 0 saturated heterocycles. The van der Waals surface area contributed by atoms with Crippen molar-refractivity contribution in [3.63, 3.8) is 0 Å². The normalized spacial score (nSPS) is 11.3. The second-order valence-corrected chi connectivity index (χ2v) is 1.57. The minimum absolute atomic E-state index is 0.0121. The van der Waals surface area contributed by atoms with Crippen molar-refractivity contribution in [2.24, 2.45) is 5.73 Å². The fraction of sp³-hybridized carbons (Fsp3) is 0.750. The lowest BCUT2D eigenvalue weighted by Crippen LogP contribution is -2.33.